The van der Waals surface area contributed by atoms with Crippen LogP contribution in [-0.4, -0.2) is 23.8 Å². The molecule has 3 heteroatoms. The fourth-order valence-corrected chi connectivity index (χ4v) is 7.84. The molecule has 0 radical (unpaired) electrons. The molecule has 0 spiro atoms. The third-order valence-electron chi connectivity index (χ3n) is 9.45. The van der Waals surface area contributed by atoms with Crippen molar-refractivity contribution < 1.29 is 14.6 Å². The van der Waals surface area contributed by atoms with Gasteiger partial charge in [-0.2, -0.15) is 0 Å². The maximum absolute atomic E-state index is 12.5. The van der Waals surface area contributed by atoms with Gasteiger partial charge in [0.05, 0.1) is 5.41 Å². The van der Waals surface area contributed by atoms with Gasteiger partial charge in [0.15, 0.2) is 0 Å². The number of aliphatic hydroxyl groups is 1. The van der Waals surface area contributed by atoms with Crippen LogP contribution in [0.25, 0.3) is 0 Å². The van der Waals surface area contributed by atoms with Crippen molar-refractivity contribution >= 4 is 5.97 Å². The molecule has 0 amide bonds. The van der Waals surface area contributed by atoms with Crippen molar-refractivity contribution in [1.82, 2.24) is 0 Å². The van der Waals surface area contributed by atoms with Gasteiger partial charge >= 0.3 is 5.97 Å². The van der Waals surface area contributed by atoms with Gasteiger partial charge in [0.2, 0.25) is 0 Å². The molecule has 3 saturated carbocycles. The van der Waals surface area contributed by atoms with Crippen molar-refractivity contribution in [2.45, 2.75) is 105 Å². The van der Waals surface area contributed by atoms with Gasteiger partial charge in [0.25, 0.3) is 0 Å². The molecule has 0 aliphatic heterocycles. The lowest BCUT2D eigenvalue weighted by molar-refractivity contribution is -0.162. The van der Waals surface area contributed by atoms with E-state index in [9.17, 15) is 9.90 Å². The molecule has 164 valence electrons. The second-order valence-electron chi connectivity index (χ2n) is 11.9. The second kappa shape index (κ2) is 7.39. The number of fused-ring (bicyclic) bond motifs is 4. The highest BCUT2D eigenvalue weighted by Gasteiger charge is 2.57. The largest absolute Gasteiger partial charge is 0.462 e. The predicted molar refractivity (Wildman–Crippen MR) is 116 cm³/mol. The van der Waals surface area contributed by atoms with E-state index in [1.165, 1.54) is 51.4 Å². The lowest BCUT2D eigenvalue weighted by atomic mass is 9.49. The van der Waals surface area contributed by atoms with Crippen molar-refractivity contribution in [2.24, 2.45) is 34.0 Å². The number of carbonyl (C=O) groups is 1. The number of carbonyl (C=O) groups excluding carboxylic acids is 1. The summed E-state index contributed by atoms with van der Waals surface area (Å²) in [6.07, 6.45) is 12.4. The van der Waals surface area contributed by atoms with Gasteiger partial charge in [-0.05, 0) is 96.3 Å². The van der Waals surface area contributed by atoms with E-state index >= 15 is 0 Å². The first-order valence-electron chi connectivity index (χ1n) is 12.2. The summed E-state index contributed by atoms with van der Waals surface area (Å²) >= 11 is 0. The molecule has 0 saturated heterocycles. The van der Waals surface area contributed by atoms with Gasteiger partial charge < -0.3 is 9.84 Å². The van der Waals surface area contributed by atoms with Crippen LogP contribution in [0.3, 0.4) is 0 Å². The zero-order valence-corrected chi connectivity index (χ0v) is 19.4. The molecule has 3 nitrogen and oxygen atoms in total. The van der Waals surface area contributed by atoms with Crippen molar-refractivity contribution in [3.63, 3.8) is 0 Å². The summed E-state index contributed by atoms with van der Waals surface area (Å²) in [7, 11) is 0. The van der Waals surface area contributed by atoms with Crippen LogP contribution in [0.5, 0.6) is 0 Å². The number of hydrogen-bond donors (Lipinski definition) is 1. The minimum atomic E-state index is -0.445. The molecular weight excluding hydrogens is 360 g/mol. The van der Waals surface area contributed by atoms with E-state index in [1.54, 1.807) is 11.1 Å². The third kappa shape index (κ3) is 3.30. The van der Waals surface area contributed by atoms with Crippen LogP contribution in [0.15, 0.2) is 11.1 Å². The Balaban J connectivity index is 1.61. The van der Waals surface area contributed by atoms with Crippen LogP contribution in [0.2, 0.25) is 0 Å². The summed E-state index contributed by atoms with van der Waals surface area (Å²) in [5.41, 5.74) is 3.28. The Labute approximate surface area is 177 Å². The van der Waals surface area contributed by atoms with Gasteiger partial charge in [0, 0.05) is 17.9 Å². The normalized spacial score (nSPS) is 40.7. The molecule has 4 aliphatic carbocycles. The molecule has 0 aromatic rings. The predicted octanol–water partition coefficient (Wildman–Crippen LogP) is 6.05. The molecular formula is C26H42O3. The molecule has 0 aromatic heterocycles. The zero-order chi connectivity index (χ0) is 21.0. The number of ether oxygens (including phenoxy) is 1. The Bertz CT molecular complexity index is 687. The molecule has 1 N–H and O–H groups in total. The average molecular weight is 403 g/mol. The van der Waals surface area contributed by atoms with Gasteiger partial charge in [-0.25, -0.2) is 0 Å². The van der Waals surface area contributed by atoms with Crippen LogP contribution in [-0.2, 0) is 9.53 Å². The molecule has 3 fully saturated rings. The smallest absolute Gasteiger partial charge is 0.311 e. The first-order chi connectivity index (χ1) is 13.6. The van der Waals surface area contributed by atoms with Gasteiger partial charge in [0.1, 0.15) is 6.10 Å². The Morgan fingerprint density at radius 2 is 1.90 bits per heavy atom. The third-order valence-corrected chi connectivity index (χ3v) is 9.45. The Kier molecular flexibility index (Phi) is 5.46. The lowest BCUT2D eigenvalue weighted by Crippen LogP contribution is -2.50. The van der Waals surface area contributed by atoms with Crippen LogP contribution in [0.1, 0.15) is 98.8 Å². The summed E-state index contributed by atoms with van der Waals surface area (Å²) in [6.45, 7) is 10.8. The summed E-state index contributed by atoms with van der Waals surface area (Å²) in [4.78, 5) is 12.5. The number of allylic oxidation sites excluding steroid dienone is 2. The Morgan fingerprint density at radius 1 is 1.14 bits per heavy atom. The highest BCUT2D eigenvalue weighted by atomic mass is 16.5. The number of rotatable bonds is 3. The summed E-state index contributed by atoms with van der Waals surface area (Å²) < 4.78 is 5.97. The molecule has 29 heavy (non-hydrogen) atoms. The highest BCUT2D eigenvalue weighted by molar-refractivity contribution is 5.75. The van der Waals surface area contributed by atoms with Gasteiger partial charge in [-0.15, -0.1) is 0 Å². The molecule has 0 bridgehead atoms. The SMILES string of the molecule is CC(OC(=O)C(C)(C)C)[C@H]1CCC2=C3CCC4CCCC[C@]4(CO)[C@H]3CC[C@@]21C. The van der Waals surface area contributed by atoms with E-state index in [2.05, 4.69) is 13.8 Å². The highest BCUT2D eigenvalue weighted by Crippen LogP contribution is 2.65. The van der Waals surface area contributed by atoms with E-state index in [-0.39, 0.29) is 22.9 Å². The quantitative estimate of drug-likeness (QED) is 0.462. The fourth-order valence-electron chi connectivity index (χ4n) is 7.84. The van der Waals surface area contributed by atoms with Crippen molar-refractivity contribution in [3.8, 4) is 0 Å². The maximum Gasteiger partial charge on any atom is 0.311 e. The summed E-state index contributed by atoms with van der Waals surface area (Å²) in [6, 6.07) is 0. The van der Waals surface area contributed by atoms with Gasteiger partial charge in [-0.1, -0.05) is 30.9 Å². The Morgan fingerprint density at radius 3 is 2.59 bits per heavy atom. The van der Waals surface area contributed by atoms with Gasteiger partial charge in [-0.3, -0.25) is 4.79 Å². The van der Waals surface area contributed by atoms with Crippen LogP contribution in [0, 0.1) is 34.0 Å². The first kappa shape index (κ1) is 21.4. The Hall–Kier alpha value is -0.830. The summed E-state index contributed by atoms with van der Waals surface area (Å²) in [5.74, 6) is 1.67. The maximum atomic E-state index is 12.5. The molecule has 0 heterocycles. The molecule has 6 atom stereocenters. The molecule has 2 unspecified atom stereocenters. The summed E-state index contributed by atoms with van der Waals surface area (Å²) in [5, 5.41) is 10.6. The van der Waals surface area contributed by atoms with E-state index in [0.717, 1.165) is 18.8 Å². The van der Waals surface area contributed by atoms with Crippen molar-refractivity contribution in [2.75, 3.05) is 6.61 Å². The van der Waals surface area contributed by atoms with E-state index in [4.69, 9.17) is 4.74 Å². The molecule has 4 rings (SSSR count). The van der Waals surface area contributed by atoms with E-state index < -0.39 is 5.41 Å². The number of hydrogen-bond acceptors (Lipinski definition) is 3. The van der Waals surface area contributed by atoms with E-state index in [1.807, 2.05) is 20.8 Å². The topological polar surface area (TPSA) is 46.5 Å². The van der Waals surface area contributed by atoms with Crippen LogP contribution >= 0.6 is 0 Å². The monoisotopic (exact) mass is 402 g/mol. The average Bonchev–Trinajstić information content (AvgIpc) is 3.04. The lowest BCUT2D eigenvalue weighted by Gasteiger charge is -2.56. The molecule has 0 aromatic carbocycles. The van der Waals surface area contributed by atoms with Crippen molar-refractivity contribution in [1.29, 1.82) is 0 Å². The van der Waals surface area contributed by atoms with Crippen LogP contribution < -0.4 is 0 Å². The first-order valence-corrected chi connectivity index (χ1v) is 12.2. The number of aliphatic hydroxyl groups excluding tert-OH is 1. The van der Waals surface area contributed by atoms with Crippen LogP contribution in [0.4, 0.5) is 0 Å². The fraction of sp³-hybridized carbons (Fsp3) is 0.885. The molecule has 4 aliphatic rings. The number of esters is 1. The standard InChI is InChI=1S/C26H42O3/c1-17(29-23(28)24(2,3)4)20-11-12-21-19-10-9-18-8-6-7-14-26(18,16-27)22(19)13-15-25(20,21)5/h17-18,20,22,27H,6-16H2,1-5H3/t17?,18?,20-,22+,25-,26-/m1/s1. The minimum absolute atomic E-state index is 0.0285. The second-order valence-corrected chi connectivity index (χ2v) is 11.9. The van der Waals surface area contributed by atoms with E-state index in [0.29, 0.717) is 18.4 Å². The zero-order valence-electron chi connectivity index (χ0n) is 19.4. The minimum Gasteiger partial charge on any atom is -0.462 e. The van der Waals surface area contributed by atoms with Crippen molar-refractivity contribution in [3.05, 3.63) is 11.1 Å².